The van der Waals surface area contributed by atoms with E-state index in [4.69, 9.17) is 20.8 Å². The van der Waals surface area contributed by atoms with E-state index >= 15 is 0 Å². The number of hydrogen-bond acceptors (Lipinski definition) is 3. The van der Waals surface area contributed by atoms with E-state index in [0.29, 0.717) is 29.5 Å². The Hall–Kier alpha value is -1.94. The van der Waals surface area contributed by atoms with Gasteiger partial charge in [0.05, 0.1) is 17.8 Å². The van der Waals surface area contributed by atoms with E-state index in [9.17, 15) is 4.79 Å². The Balaban J connectivity index is 1.94. The van der Waals surface area contributed by atoms with Crippen molar-refractivity contribution in [1.82, 2.24) is 5.32 Å². The molecule has 1 aromatic carbocycles. The number of carbonyl (C=O) groups is 1. The first kappa shape index (κ1) is 14.5. The number of hydrogen-bond donors (Lipinski definition) is 1. The molecular weight excluding hydrogens is 278 g/mol. The molecule has 0 aliphatic carbocycles. The summed E-state index contributed by atoms with van der Waals surface area (Å²) in [6.07, 6.45) is 1.54. The van der Waals surface area contributed by atoms with Crippen LogP contribution >= 0.6 is 11.6 Å². The zero-order valence-corrected chi connectivity index (χ0v) is 11.9. The van der Waals surface area contributed by atoms with Crippen molar-refractivity contribution in [2.24, 2.45) is 0 Å². The Kier molecular flexibility index (Phi) is 5.07. The van der Waals surface area contributed by atoms with Crippen LogP contribution in [-0.2, 0) is 11.3 Å². The molecule has 0 spiro atoms. The maximum atomic E-state index is 12.1. The molecule has 0 fully saturated rings. The highest BCUT2D eigenvalue weighted by molar-refractivity contribution is 6.32. The minimum Gasteiger partial charge on any atom is -0.479 e. The van der Waals surface area contributed by atoms with Crippen molar-refractivity contribution in [3.8, 4) is 5.75 Å². The minimum absolute atomic E-state index is 0.191. The number of rotatable bonds is 6. The van der Waals surface area contributed by atoms with Crippen LogP contribution in [0.25, 0.3) is 0 Å². The lowest BCUT2D eigenvalue weighted by Gasteiger charge is -2.17. The summed E-state index contributed by atoms with van der Waals surface area (Å²) >= 11 is 6.02. The molecule has 0 aliphatic rings. The predicted octanol–water partition coefficient (Wildman–Crippen LogP) is 3.41. The van der Waals surface area contributed by atoms with Crippen LogP contribution in [0.2, 0.25) is 5.02 Å². The Labute approximate surface area is 122 Å². The number of nitrogens with one attached hydrogen (secondary N) is 1. The van der Waals surface area contributed by atoms with Gasteiger partial charge in [0.25, 0.3) is 5.91 Å². The largest absolute Gasteiger partial charge is 0.479 e. The first-order valence-corrected chi connectivity index (χ1v) is 6.79. The van der Waals surface area contributed by atoms with Gasteiger partial charge in [-0.2, -0.15) is 0 Å². The van der Waals surface area contributed by atoms with Gasteiger partial charge in [-0.1, -0.05) is 30.7 Å². The number of carbonyl (C=O) groups excluding carboxylic acids is 1. The minimum atomic E-state index is -0.579. The SMILES string of the molecule is CC[C@H](Oc1ccccc1Cl)C(=O)NCc1ccco1. The van der Waals surface area contributed by atoms with Gasteiger partial charge in [0.2, 0.25) is 0 Å². The molecule has 0 saturated heterocycles. The zero-order chi connectivity index (χ0) is 14.4. The van der Waals surface area contributed by atoms with Crippen LogP contribution in [0.3, 0.4) is 0 Å². The van der Waals surface area contributed by atoms with Crippen LogP contribution in [-0.4, -0.2) is 12.0 Å². The molecule has 1 N–H and O–H groups in total. The molecule has 0 aliphatic heterocycles. The van der Waals surface area contributed by atoms with E-state index in [1.54, 1.807) is 30.5 Å². The third kappa shape index (κ3) is 3.78. The molecule has 5 heteroatoms. The molecule has 106 valence electrons. The van der Waals surface area contributed by atoms with Gasteiger partial charge in [-0.05, 0) is 30.7 Å². The summed E-state index contributed by atoms with van der Waals surface area (Å²) in [6.45, 7) is 2.22. The first-order chi connectivity index (χ1) is 9.70. The van der Waals surface area contributed by atoms with Gasteiger partial charge < -0.3 is 14.5 Å². The van der Waals surface area contributed by atoms with Crippen molar-refractivity contribution >= 4 is 17.5 Å². The lowest BCUT2D eigenvalue weighted by atomic mass is 10.2. The Morgan fingerprint density at radius 1 is 1.35 bits per heavy atom. The topological polar surface area (TPSA) is 51.5 Å². The molecule has 2 aromatic rings. The highest BCUT2D eigenvalue weighted by Crippen LogP contribution is 2.24. The number of halogens is 1. The van der Waals surface area contributed by atoms with E-state index in [0.717, 1.165) is 0 Å². The smallest absolute Gasteiger partial charge is 0.261 e. The number of amides is 1. The summed E-state index contributed by atoms with van der Waals surface area (Å²) in [7, 11) is 0. The van der Waals surface area contributed by atoms with Crippen LogP contribution in [0.5, 0.6) is 5.75 Å². The lowest BCUT2D eigenvalue weighted by Crippen LogP contribution is -2.37. The molecule has 0 saturated carbocycles. The second kappa shape index (κ2) is 7.01. The van der Waals surface area contributed by atoms with Gasteiger partial charge in [-0.15, -0.1) is 0 Å². The maximum absolute atomic E-state index is 12.1. The summed E-state index contributed by atoms with van der Waals surface area (Å²) in [5.41, 5.74) is 0. The molecule has 4 nitrogen and oxygen atoms in total. The van der Waals surface area contributed by atoms with Crippen LogP contribution < -0.4 is 10.1 Å². The van der Waals surface area contributed by atoms with Crippen LogP contribution in [0.1, 0.15) is 19.1 Å². The summed E-state index contributed by atoms with van der Waals surface area (Å²) < 4.78 is 10.8. The number of para-hydroxylation sites is 1. The fourth-order valence-corrected chi connectivity index (χ4v) is 1.90. The molecule has 1 atom stereocenters. The quantitative estimate of drug-likeness (QED) is 0.888. The fraction of sp³-hybridized carbons (Fsp3) is 0.267. The van der Waals surface area contributed by atoms with Crippen molar-refractivity contribution in [1.29, 1.82) is 0 Å². The molecule has 1 aromatic heterocycles. The molecule has 0 unspecified atom stereocenters. The maximum Gasteiger partial charge on any atom is 0.261 e. The molecule has 0 bridgehead atoms. The van der Waals surface area contributed by atoms with Crippen molar-refractivity contribution < 1.29 is 13.9 Å². The van der Waals surface area contributed by atoms with E-state index < -0.39 is 6.10 Å². The van der Waals surface area contributed by atoms with Gasteiger partial charge in [-0.25, -0.2) is 0 Å². The molecular formula is C15H16ClNO3. The van der Waals surface area contributed by atoms with Crippen LogP contribution in [0.4, 0.5) is 0 Å². The highest BCUT2D eigenvalue weighted by atomic mass is 35.5. The number of ether oxygens (including phenoxy) is 1. The van der Waals surface area contributed by atoms with Gasteiger partial charge in [0, 0.05) is 0 Å². The molecule has 0 radical (unpaired) electrons. The normalized spacial score (nSPS) is 11.9. The summed E-state index contributed by atoms with van der Waals surface area (Å²) in [6, 6.07) is 10.7. The average Bonchev–Trinajstić information content (AvgIpc) is 2.97. The van der Waals surface area contributed by atoms with Gasteiger partial charge in [-0.3, -0.25) is 4.79 Å². The Morgan fingerprint density at radius 3 is 2.80 bits per heavy atom. The number of furan rings is 1. The molecule has 1 amide bonds. The number of benzene rings is 1. The second-order valence-corrected chi connectivity index (χ2v) is 4.65. The second-order valence-electron chi connectivity index (χ2n) is 4.24. The third-order valence-corrected chi connectivity index (χ3v) is 3.10. The molecule has 2 rings (SSSR count). The van der Waals surface area contributed by atoms with Crippen molar-refractivity contribution in [3.05, 3.63) is 53.4 Å². The van der Waals surface area contributed by atoms with E-state index in [-0.39, 0.29) is 5.91 Å². The van der Waals surface area contributed by atoms with Crippen molar-refractivity contribution in [2.75, 3.05) is 0 Å². The summed E-state index contributed by atoms with van der Waals surface area (Å²) in [5.74, 6) is 1.02. The standard InChI is InChI=1S/C15H16ClNO3/c1-2-13(20-14-8-4-3-7-12(14)16)15(18)17-10-11-6-5-9-19-11/h3-9,13H,2,10H2,1H3,(H,17,18)/t13-/m0/s1. The zero-order valence-electron chi connectivity index (χ0n) is 11.1. The monoisotopic (exact) mass is 293 g/mol. The fourth-order valence-electron chi connectivity index (χ4n) is 1.72. The van der Waals surface area contributed by atoms with Crippen molar-refractivity contribution in [2.45, 2.75) is 26.0 Å². The van der Waals surface area contributed by atoms with E-state index in [1.807, 2.05) is 19.1 Å². The van der Waals surface area contributed by atoms with E-state index in [2.05, 4.69) is 5.32 Å². The lowest BCUT2D eigenvalue weighted by molar-refractivity contribution is -0.128. The van der Waals surface area contributed by atoms with Gasteiger partial charge in [0.15, 0.2) is 6.10 Å². The Morgan fingerprint density at radius 2 is 2.15 bits per heavy atom. The highest BCUT2D eigenvalue weighted by Gasteiger charge is 2.19. The van der Waals surface area contributed by atoms with Gasteiger partial charge >= 0.3 is 0 Å². The summed E-state index contributed by atoms with van der Waals surface area (Å²) in [4.78, 5) is 12.1. The molecule has 1 heterocycles. The third-order valence-electron chi connectivity index (χ3n) is 2.79. The first-order valence-electron chi connectivity index (χ1n) is 6.42. The van der Waals surface area contributed by atoms with Gasteiger partial charge in [0.1, 0.15) is 11.5 Å². The summed E-state index contributed by atoms with van der Waals surface area (Å²) in [5, 5.41) is 3.27. The Bertz CT molecular complexity index is 554. The van der Waals surface area contributed by atoms with Crippen LogP contribution in [0.15, 0.2) is 47.1 Å². The van der Waals surface area contributed by atoms with Crippen molar-refractivity contribution in [3.63, 3.8) is 0 Å². The average molecular weight is 294 g/mol. The van der Waals surface area contributed by atoms with E-state index in [1.165, 1.54) is 0 Å². The molecule has 20 heavy (non-hydrogen) atoms. The van der Waals surface area contributed by atoms with Crippen LogP contribution in [0, 0.1) is 0 Å². The predicted molar refractivity (Wildman–Crippen MR) is 76.7 cm³/mol.